The molecule has 0 aliphatic rings. The highest BCUT2D eigenvalue weighted by atomic mass is 35.5. The molecule has 0 fully saturated rings. The smallest absolute Gasteiger partial charge is 0.218 e. The zero-order valence-electron chi connectivity index (χ0n) is 6.04. The van der Waals surface area contributed by atoms with Gasteiger partial charge in [0.2, 0.25) is 5.88 Å². The normalized spacial score (nSPS) is 9.27. The quantitative estimate of drug-likeness (QED) is 0.635. The largest absolute Gasteiger partial charge is 0.481 e. The van der Waals surface area contributed by atoms with Crippen LogP contribution in [0.1, 0.15) is 5.82 Å². The Morgan fingerprint density at radius 3 is 2.91 bits per heavy atom. The van der Waals surface area contributed by atoms with Crippen LogP contribution in [-0.2, 0) is 0 Å². The minimum absolute atomic E-state index is 0.353. The lowest BCUT2D eigenvalue weighted by molar-refractivity contribution is 0.396. The molecule has 0 aliphatic heterocycles. The molecular weight excluding hydrogens is 164 g/mol. The van der Waals surface area contributed by atoms with E-state index in [-0.39, 0.29) is 0 Å². The number of halogens is 1. The van der Waals surface area contributed by atoms with Crippen LogP contribution in [0.5, 0.6) is 5.88 Å². The number of ether oxygens (including phenoxy) is 1. The third-order valence-electron chi connectivity index (χ3n) is 1.08. The molecule has 1 rings (SSSR count). The Labute approximate surface area is 69.7 Å². The lowest BCUT2D eigenvalue weighted by Gasteiger charge is -1.98. The molecule has 0 unspecified atom stereocenters. The van der Waals surface area contributed by atoms with Gasteiger partial charge in [-0.15, -0.1) is 0 Å². The first kappa shape index (κ1) is 8.01. The highest BCUT2D eigenvalue weighted by Crippen LogP contribution is 2.13. The van der Waals surface area contributed by atoms with E-state index >= 15 is 0 Å². The molecule has 0 aromatic carbocycles. The number of nitrogens with zero attached hydrogens (tertiary/aromatic N) is 2. The Morgan fingerprint density at radius 2 is 2.36 bits per heavy atom. The van der Waals surface area contributed by atoms with Crippen molar-refractivity contribution in [2.24, 2.45) is 0 Å². The summed E-state index contributed by atoms with van der Waals surface area (Å²) in [6, 6.07) is 1.54. The van der Waals surface area contributed by atoms with Crippen molar-refractivity contribution in [3.8, 4) is 5.88 Å². The van der Waals surface area contributed by atoms with Crippen LogP contribution in [0.25, 0.3) is 6.08 Å². The predicted molar refractivity (Wildman–Crippen MR) is 43.7 cm³/mol. The first-order valence-electron chi connectivity index (χ1n) is 2.97. The molecule has 11 heavy (non-hydrogen) atoms. The second-order valence-corrected chi connectivity index (χ2v) is 2.18. The second-order valence-electron chi connectivity index (χ2n) is 1.80. The van der Waals surface area contributed by atoms with Gasteiger partial charge >= 0.3 is 0 Å². The molecule has 4 heteroatoms. The Hall–Kier alpha value is -1.09. The maximum absolute atomic E-state index is 5.63. The first-order chi connectivity index (χ1) is 5.26. The fourth-order valence-electron chi connectivity index (χ4n) is 0.610. The van der Waals surface area contributed by atoms with Gasteiger partial charge in [0.25, 0.3) is 0 Å². The minimum atomic E-state index is 0.353. The Kier molecular flexibility index (Phi) is 2.44. The van der Waals surface area contributed by atoms with E-state index in [9.17, 15) is 0 Å². The molecular formula is C7H7ClN2O. The molecule has 3 nitrogen and oxygen atoms in total. The summed E-state index contributed by atoms with van der Waals surface area (Å²) in [6.07, 6.45) is 1.51. The number of hydrogen-bond acceptors (Lipinski definition) is 3. The molecule has 0 radical (unpaired) electrons. The summed E-state index contributed by atoms with van der Waals surface area (Å²) in [4.78, 5) is 7.79. The Bertz CT molecular complexity index is 275. The number of rotatable bonds is 2. The molecule has 0 N–H and O–H groups in total. The number of methoxy groups -OCH3 is 1. The predicted octanol–water partition coefficient (Wildman–Crippen LogP) is 1.78. The van der Waals surface area contributed by atoms with Crippen LogP contribution in [-0.4, -0.2) is 17.1 Å². The van der Waals surface area contributed by atoms with Crippen LogP contribution in [0.3, 0.4) is 0 Å². The van der Waals surface area contributed by atoms with Crippen LogP contribution in [0, 0.1) is 0 Å². The van der Waals surface area contributed by atoms with Gasteiger partial charge in [-0.1, -0.05) is 18.2 Å². The zero-order valence-corrected chi connectivity index (χ0v) is 6.80. The van der Waals surface area contributed by atoms with Gasteiger partial charge in [0, 0.05) is 6.07 Å². The van der Waals surface area contributed by atoms with E-state index < -0.39 is 0 Å². The number of hydrogen-bond donors (Lipinski definition) is 0. The summed E-state index contributed by atoms with van der Waals surface area (Å²) in [6.45, 7) is 3.51. The van der Waals surface area contributed by atoms with Gasteiger partial charge in [0.05, 0.1) is 7.11 Å². The van der Waals surface area contributed by atoms with Crippen molar-refractivity contribution >= 4 is 17.7 Å². The Balaban J connectivity index is 3.11. The Morgan fingerprint density at radius 1 is 1.64 bits per heavy atom. The van der Waals surface area contributed by atoms with E-state index in [1.807, 2.05) is 0 Å². The van der Waals surface area contributed by atoms with Crippen molar-refractivity contribution in [2.45, 2.75) is 0 Å². The first-order valence-corrected chi connectivity index (χ1v) is 3.35. The van der Waals surface area contributed by atoms with Crippen molar-refractivity contribution in [2.75, 3.05) is 7.11 Å². The summed E-state index contributed by atoms with van der Waals surface area (Å²) < 4.78 is 4.85. The molecule has 0 bridgehead atoms. The van der Waals surface area contributed by atoms with E-state index in [2.05, 4.69) is 16.5 Å². The van der Waals surface area contributed by atoms with Gasteiger partial charge in [-0.2, -0.15) is 4.98 Å². The van der Waals surface area contributed by atoms with Crippen LogP contribution < -0.4 is 4.74 Å². The van der Waals surface area contributed by atoms with Gasteiger partial charge in [-0.25, -0.2) is 4.98 Å². The highest BCUT2D eigenvalue weighted by Gasteiger charge is 1.98. The van der Waals surface area contributed by atoms with Crippen molar-refractivity contribution in [1.82, 2.24) is 9.97 Å². The van der Waals surface area contributed by atoms with Crippen LogP contribution in [0.2, 0.25) is 5.15 Å². The van der Waals surface area contributed by atoms with E-state index in [0.29, 0.717) is 16.9 Å². The molecule has 1 aromatic heterocycles. The van der Waals surface area contributed by atoms with Crippen molar-refractivity contribution in [3.05, 3.63) is 23.6 Å². The summed E-state index contributed by atoms with van der Waals surface area (Å²) in [5.41, 5.74) is 0. The van der Waals surface area contributed by atoms with Gasteiger partial charge in [0.15, 0.2) is 5.82 Å². The molecule has 0 atom stereocenters. The molecule has 1 aromatic rings. The summed E-state index contributed by atoms with van der Waals surface area (Å²) in [5.74, 6) is 0.911. The average Bonchev–Trinajstić information content (AvgIpc) is 2.03. The fraction of sp³-hybridized carbons (Fsp3) is 0.143. The maximum Gasteiger partial charge on any atom is 0.218 e. The summed E-state index contributed by atoms with van der Waals surface area (Å²) in [7, 11) is 1.52. The van der Waals surface area contributed by atoms with Gasteiger partial charge < -0.3 is 4.74 Å². The van der Waals surface area contributed by atoms with E-state index in [1.165, 1.54) is 19.3 Å². The standard InChI is InChI=1S/C7H7ClN2O/c1-3-6-9-5(8)4-7(10-6)11-2/h3-4H,1H2,2H3. The summed E-state index contributed by atoms with van der Waals surface area (Å²) in [5, 5.41) is 0.353. The van der Waals surface area contributed by atoms with Gasteiger partial charge in [0.1, 0.15) is 5.15 Å². The van der Waals surface area contributed by atoms with Crippen LogP contribution in [0.15, 0.2) is 12.6 Å². The zero-order chi connectivity index (χ0) is 8.27. The third kappa shape index (κ3) is 1.91. The topological polar surface area (TPSA) is 35.0 Å². The molecule has 0 saturated carbocycles. The van der Waals surface area contributed by atoms with E-state index in [0.717, 1.165) is 0 Å². The molecule has 0 saturated heterocycles. The molecule has 1 heterocycles. The summed E-state index contributed by atoms with van der Waals surface area (Å²) >= 11 is 5.63. The van der Waals surface area contributed by atoms with Gasteiger partial charge in [-0.3, -0.25) is 0 Å². The van der Waals surface area contributed by atoms with Crippen LogP contribution in [0.4, 0.5) is 0 Å². The monoisotopic (exact) mass is 170 g/mol. The molecule has 0 aliphatic carbocycles. The van der Waals surface area contributed by atoms with Crippen molar-refractivity contribution in [3.63, 3.8) is 0 Å². The number of aromatic nitrogens is 2. The molecule has 0 amide bonds. The van der Waals surface area contributed by atoms with E-state index in [4.69, 9.17) is 16.3 Å². The molecule has 0 spiro atoms. The maximum atomic E-state index is 5.63. The average molecular weight is 171 g/mol. The minimum Gasteiger partial charge on any atom is -0.481 e. The lowest BCUT2D eigenvalue weighted by Crippen LogP contribution is -1.92. The molecule has 58 valence electrons. The fourth-order valence-corrected chi connectivity index (χ4v) is 0.790. The highest BCUT2D eigenvalue weighted by molar-refractivity contribution is 6.29. The van der Waals surface area contributed by atoms with Crippen LogP contribution >= 0.6 is 11.6 Å². The lowest BCUT2D eigenvalue weighted by atomic mass is 10.5. The van der Waals surface area contributed by atoms with E-state index in [1.54, 1.807) is 0 Å². The second kappa shape index (κ2) is 3.34. The van der Waals surface area contributed by atoms with Gasteiger partial charge in [-0.05, 0) is 6.08 Å². The van der Waals surface area contributed by atoms with Crippen molar-refractivity contribution < 1.29 is 4.74 Å². The SMILES string of the molecule is C=Cc1nc(Cl)cc(OC)n1. The van der Waals surface area contributed by atoms with Crippen molar-refractivity contribution in [1.29, 1.82) is 0 Å². The third-order valence-corrected chi connectivity index (χ3v) is 1.27.